The van der Waals surface area contributed by atoms with E-state index in [-0.39, 0.29) is 31.3 Å². The van der Waals surface area contributed by atoms with E-state index in [4.69, 9.17) is 14.6 Å². The molecule has 0 unspecified atom stereocenters. The number of ether oxygens (including phenoxy) is 2. The largest absolute Gasteiger partial charge is 0.492 e. The Labute approximate surface area is 168 Å². The first-order valence-electron chi connectivity index (χ1n) is 10.0. The van der Waals surface area contributed by atoms with Gasteiger partial charge in [-0.25, -0.2) is 0 Å². The number of halogens is 3. The lowest BCUT2D eigenvalue weighted by Crippen LogP contribution is -2.42. The van der Waals surface area contributed by atoms with Gasteiger partial charge in [-0.15, -0.1) is 0 Å². The lowest BCUT2D eigenvalue weighted by molar-refractivity contribution is -0.184. The summed E-state index contributed by atoms with van der Waals surface area (Å²) in [6.45, 7) is 2.16. The predicted molar refractivity (Wildman–Crippen MR) is 100 cm³/mol. The molecule has 2 aliphatic rings. The highest BCUT2D eigenvalue weighted by Crippen LogP contribution is 2.39. The molecule has 1 aromatic rings. The number of carboxylic acids is 1. The number of aliphatic carboxylic acids is 1. The van der Waals surface area contributed by atoms with E-state index in [1.165, 1.54) is 0 Å². The molecule has 0 bridgehead atoms. The number of morpholine rings is 1. The van der Waals surface area contributed by atoms with Gasteiger partial charge < -0.3 is 19.5 Å². The van der Waals surface area contributed by atoms with Crippen LogP contribution in [0.25, 0.3) is 0 Å². The fourth-order valence-electron chi connectivity index (χ4n) is 3.94. The van der Waals surface area contributed by atoms with Crippen LogP contribution in [-0.4, -0.2) is 54.6 Å². The second-order valence-corrected chi connectivity index (χ2v) is 7.82. The third-order valence-electron chi connectivity index (χ3n) is 5.68. The first kappa shape index (κ1) is 21.7. The SMILES string of the molecule is O=C(O)CC[C@H]1CN(c2cncc(OCC3CCC(C(F)(F)F)CC3)c2)CCO1. The highest BCUT2D eigenvalue weighted by Gasteiger charge is 2.41. The van der Waals surface area contributed by atoms with E-state index in [1.807, 2.05) is 6.07 Å². The fourth-order valence-corrected chi connectivity index (χ4v) is 3.94. The summed E-state index contributed by atoms with van der Waals surface area (Å²) in [4.78, 5) is 17.1. The first-order chi connectivity index (χ1) is 13.8. The Balaban J connectivity index is 1.49. The summed E-state index contributed by atoms with van der Waals surface area (Å²) >= 11 is 0. The Morgan fingerprint density at radius 3 is 2.72 bits per heavy atom. The van der Waals surface area contributed by atoms with Gasteiger partial charge in [-0.3, -0.25) is 9.78 Å². The van der Waals surface area contributed by atoms with Gasteiger partial charge in [0.2, 0.25) is 0 Å². The zero-order chi connectivity index (χ0) is 20.9. The summed E-state index contributed by atoms with van der Waals surface area (Å²) in [5, 5.41) is 8.83. The van der Waals surface area contributed by atoms with Crippen LogP contribution >= 0.6 is 0 Å². The van der Waals surface area contributed by atoms with Crippen LogP contribution < -0.4 is 9.64 Å². The van der Waals surface area contributed by atoms with Gasteiger partial charge in [-0.1, -0.05) is 0 Å². The number of carbonyl (C=O) groups is 1. The van der Waals surface area contributed by atoms with E-state index in [0.29, 0.717) is 51.3 Å². The molecule has 1 saturated heterocycles. The van der Waals surface area contributed by atoms with E-state index < -0.39 is 18.1 Å². The van der Waals surface area contributed by atoms with Gasteiger partial charge in [-0.05, 0) is 38.0 Å². The standard InChI is InChI=1S/C20H27F3N2O4/c21-20(22,23)15-3-1-14(2-4-15)13-29-18-9-16(10-24-11-18)25-7-8-28-17(12-25)5-6-19(26)27/h9-11,14-15,17H,1-8,12-13H2,(H,26,27)/t14?,15?,17-/m0/s1. The van der Waals surface area contributed by atoms with E-state index in [0.717, 1.165) is 5.69 Å². The second-order valence-electron chi connectivity index (χ2n) is 7.82. The zero-order valence-corrected chi connectivity index (χ0v) is 16.2. The molecule has 1 aliphatic heterocycles. The molecule has 6 nitrogen and oxygen atoms in total. The molecule has 1 atom stereocenters. The van der Waals surface area contributed by atoms with Crippen LogP contribution in [0.5, 0.6) is 5.75 Å². The molecule has 2 heterocycles. The van der Waals surface area contributed by atoms with Gasteiger partial charge in [0.05, 0.1) is 43.3 Å². The Morgan fingerprint density at radius 1 is 1.28 bits per heavy atom. The quantitative estimate of drug-likeness (QED) is 0.727. The predicted octanol–water partition coefficient (Wildman–Crippen LogP) is 3.90. The summed E-state index contributed by atoms with van der Waals surface area (Å²) in [7, 11) is 0. The van der Waals surface area contributed by atoms with Crippen LogP contribution in [0.2, 0.25) is 0 Å². The third-order valence-corrected chi connectivity index (χ3v) is 5.68. The van der Waals surface area contributed by atoms with Crippen molar-refractivity contribution in [2.45, 2.75) is 50.8 Å². The van der Waals surface area contributed by atoms with Gasteiger partial charge in [-0.2, -0.15) is 13.2 Å². The third kappa shape index (κ3) is 6.48. The smallest absolute Gasteiger partial charge is 0.391 e. The molecule has 1 aliphatic carbocycles. The van der Waals surface area contributed by atoms with Gasteiger partial charge in [0.1, 0.15) is 5.75 Å². The number of pyridine rings is 1. The number of hydrogen-bond acceptors (Lipinski definition) is 5. The van der Waals surface area contributed by atoms with E-state index in [2.05, 4.69) is 9.88 Å². The summed E-state index contributed by atoms with van der Waals surface area (Å²) in [5.74, 6) is -1.30. The van der Waals surface area contributed by atoms with Crippen LogP contribution in [-0.2, 0) is 9.53 Å². The normalized spacial score (nSPS) is 25.6. The van der Waals surface area contributed by atoms with Crippen LogP contribution in [0.1, 0.15) is 38.5 Å². The number of alkyl halides is 3. The molecule has 1 saturated carbocycles. The Morgan fingerprint density at radius 2 is 2.03 bits per heavy atom. The van der Waals surface area contributed by atoms with E-state index in [9.17, 15) is 18.0 Å². The molecular weight excluding hydrogens is 389 g/mol. The van der Waals surface area contributed by atoms with Crippen molar-refractivity contribution >= 4 is 11.7 Å². The maximum atomic E-state index is 12.8. The summed E-state index contributed by atoms with van der Waals surface area (Å²) in [6.07, 6.45) is 0.986. The molecule has 162 valence electrons. The minimum Gasteiger partial charge on any atom is -0.492 e. The van der Waals surface area contributed by atoms with Crippen molar-refractivity contribution in [2.75, 3.05) is 31.2 Å². The maximum Gasteiger partial charge on any atom is 0.391 e. The number of aromatic nitrogens is 1. The minimum atomic E-state index is -4.09. The van der Waals surface area contributed by atoms with Crippen molar-refractivity contribution in [3.05, 3.63) is 18.5 Å². The fraction of sp³-hybridized carbons (Fsp3) is 0.700. The highest BCUT2D eigenvalue weighted by atomic mass is 19.4. The molecule has 0 aromatic carbocycles. The summed E-state index contributed by atoms with van der Waals surface area (Å²) < 4.78 is 49.8. The minimum absolute atomic E-state index is 0.0660. The Kier molecular flexibility index (Phi) is 7.21. The van der Waals surface area contributed by atoms with Crippen LogP contribution in [0.4, 0.5) is 18.9 Å². The first-order valence-corrected chi connectivity index (χ1v) is 10.0. The number of rotatable bonds is 7. The maximum absolute atomic E-state index is 12.8. The van der Waals surface area contributed by atoms with Crippen molar-refractivity contribution in [3.8, 4) is 5.75 Å². The Bertz CT molecular complexity index is 678. The van der Waals surface area contributed by atoms with Gasteiger partial charge in [0.25, 0.3) is 0 Å². The molecule has 3 rings (SSSR count). The molecule has 29 heavy (non-hydrogen) atoms. The molecule has 9 heteroatoms. The van der Waals surface area contributed by atoms with Crippen LogP contribution in [0.3, 0.4) is 0 Å². The van der Waals surface area contributed by atoms with E-state index in [1.54, 1.807) is 12.4 Å². The molecule has 0 radical (unpaired) electrons. The lowest BCUT2D eigenvalue weighted by atomic mass is 9.82. The van der Waals surface area contributed by atoms with Crippen molar-refractivity contribution in [2.24, 2.45) is 11.8 Å². The van der Waals surface area contributed by atoms with Crippen molar-refractivity contribution in [1.82, 2.24) is 4.98 Å². The van der Waals surface area contributed by atoms with Gasteiger partial charge in [0.15, 0.2) is 0 Å². The highest BCUT2D eigenvalue weighted by molar-refractivity contribution is 5.66. The van der Waals surface area contributed by atoms with Crippen molar-refractivity contribution in [3.63, 3.8) is 0 Å². The molecule has 1 N–H and O–H groups in total. The number of hydrogen-bond donors (Lipinski definition) is 1. The summed E-state index contributed by atoms with van der Waals surface area (Å²) in [6, 6.07) is 1.87. The molecule has 0 amide bonds. The zero-order valence-electron chi connectivity index (χ0n) is 16.2. The molecule has 2 fully saturated rings. The molecule has 0 spiro atoms. The average molecular weight is 416 g/mol. The van der Waals surface area contributed by atoms with Crippen LogP contribution in [0.15, 0.2) is 18.5 Å². The summed E-state index contributed by atoms with van der Waals surface area (Å²) in [5.41, 5.74) is 0.868. The average Bonchev–Trinajstić information content (AvgIpc) is 2.71. The van der Waals surface area contributed by atoms with Crippen molar-refractivity contribution < 1.29 is 32.5 Å². The lowest BCUT2D eigenvalue weighted by Gasteiger charge is -2.34. The number of carboxylic acid groups (broad SMARTS) is 1. The monoisotopic (exact) mass is 416 g/mol. The van der Waals surface area contributed by atoms with Crippen molar-refractivity contribution in [1.29, 1.82) is 0 Å². The van der Waals surface area contributed by atoms with Crippen LogP contribution in [0, 0.1) is 11.8 Å². The molecular formula is C20H27F3N2O4. The Hall–Kier alpha value is -2.03. The number of anilines is 1. The topological polar surface area (TPSA) is 71.9 Å². The molecule has 1 aromatic heterocycles. The second kappa shape index (κ2) is 9.65. The van der Waals surface area contributed by atoms with E-state index >= 15 is 0 Å². The number of nitrogens with zero attached hydrogens (tertiary/aromatic N) is 2. The van der Waals surface area contributed by atoms with Gasteiger partial charge in [0, 0.05) is 25.6 Å². The van der Waals surface area contributed by atoms with Gasteiger partial charge >= 0.3 is 12.1 Å².